The number of anilines is 1. The smallest absolute Gasteiger partial charge is 0.132 e. The first-order valence-corrected chi connectivity index (χ1v) is 10.7. The lowest BCUT2D eigenvalue weighted by molar-refractivity contribution is -0.0160. The summed E-state index contributed by atoms with van der Waals surface area (Å²) < 4.78 is 11.0. The number of nitrogens with zero attached hydrogens (tertiary/aromatic N) is 5. The van der Waals surface area contributed by atoms with Crippen LogP contribution in [0.3, 0.4) is 0 Å². The summed E-state index contributed by atoms with van der Waals surface area (Å²) in [5, 5.41) is 10.5. The van der Waals surface area contributed by atoms with Gasteiger partial charge in [-0.05, 0) is 38.5 Å². The van der Waals surface area contributed by atoms with E-state index in [2.05, 4.69) is 21.0 Å². The highest BCUT2D eigenvalue weighted by atomic mass is 16.5. The molecule has 0 bridgehead atoms. The van der Waals surface area contributed by atoms with Crippen molar-refractivity contribution in [2.24, 2.45) is 4.99 Å². The third-order valence-electron chi connectivity index (χ3n) is 5.28. The molecule has 1 aromatic carbocycles. The van der Waals surface area contributed by atoms with Gasteiger partial charge in [0, 0.05) is 44.4 Å². The van der Waals surface area contributed by atoms with Gasteiger partial charge >= 0.3 is 0 Å². The van der Waals surface area contributed by atoms with Gasteiger partial charge < -0.3 is 19.5 Å². The van der Waals surface area contributed by atoms with Gasteiger partial charge in [-0.1, -0.05) is 12.5 Å². The van der Waals surface area contributed by atoms with Crippen molar-refractivity contribution in [2.75, 3.05) is 44.8 Å². The van der Waals surface area contributed by atoms with E-state index < -0.39 is 6.23 Å². The standard InChI is InChI=1S/C24H31N5O3/c1-6-25-24(20-13-19(32-17(2)3)8-7-18(20)4)21-14-22(27-16-26-21)29-10-9-28(11-12-31-5)23(30)15-29/h1,7-8,13-14,16-17,23,30H,9-12,15H2,2-5H3/b25-24+/t23-/m1/s1. The molecule has 1 aliphatic heterocycles. The molecule has 170 valence electrons. The van der Waals surface area contributed by atoms with E-state index in [0.717, 1.165) is 29.2 Å². The Morgan fingerprint density at radius 3 is 2.81 bits per heavy atom. The van der Waals surface area contributed by atoms with Crippen molar-refractivity contribution in [3.05, 3.63) is 47.4 Å². The molecule has 1 atom stereocenters. The fraction of sp³-hybridized carbons (Fsp3) is 0.458. The monoisotopic (exact) mass is 437 g/mol. The lowest BCUT2D eigenvalue weighted by Gasteiger charge is -2.39. The van der Waals surface area contributed by atoms with Crippen LogP contribution in [0.4, 0.5) is 5.82 Å². The molecular formula is C24H31N5O3. The van der Waals surface area contributed by atoms with Crippen LogP contribution >= 0.6 is 0 Å². The number of aliphatic hydroxyl groups is 1. The predicted octanol–water partition coefficient (Wildman–Crippen LogP) is 2.09. The van der Waals surface area contributed by atoms with Crippen LogP contribution in [-0.2, 0) is 4.74 Å². The summed E-state index contributed by atoms with van der Waals surface area (Å²) in [6.45, 7) is 9.12. The highest BCUT2D eigenvalue weighted by molar-refractivity contribution is 6.13. The largest absolute Gasteiger partial charge is 0.491 e. The first-order chi connectivity index (χ1) is 15.4. The average molecular weight is 438 g/mol. The Balaban J connectivity index is 1.87. The Morgan fingerprint density at radius 1 is 1.31 bits per heavy atom. The van der Waals surface area contributed by atoms with Gasteiger partial charge in [0.25, 0.3) is 0 Å². The summed E-state index contributed by atoms with van der Waals surface area (Å²) in [6.07, 6.45) is 6.52. The second-order valence-corrected chi connectivity index (χ2v) is 7.95. The maximum Gasteiger partial charge on any atom is 0.132 e. The summed E-state index contributed by atoms with van der Waals surface area (Å²) >= 11 is 0. The Kier molecular flexibility index (Phi) is 8.17. The molecule has 0 radical (unpaired) electrons. The van der Waals surface area contributed by atoms with E-state index in [0.29, 0.717) is 37.6 Å². The summed E-state index contributed by atoms with van der Waals surface area (Å²) in [5.41, 5.74) is 3.07. The molecule has 3 rings (SSSR count). The molecular weight excluding hydrogens is 406 g/mol. The minimum Gasteiger partial charge on any atom is -0.491 e. The van der Waals surface area contributed by atoms with E-state index in [4.69, 9.17) is 15.9 Å². The summed E-state index contributed by atoms with van der Waals surface area (Å²) in [6, 6.07) is 10.1. The third-order valence-corrected chi connectivity index (χ3v) is 5.28. The fourth-order valence-corrected chi connectivity index (χ4v) is 3.65. The maximum absolute atomic E-state index is 10.5. The number of aliphatic imine (C=N–C) groups is 1. The molecule has 2 aromatic rings. The van der Waals surface area contributed by atoms with Crippen LogP contribution in [0.25, 0.3) is 0 Å². The number of terminal acetylenes is 1. The van der Waals surface area contributed by atoms with Crippen LogP contribution in [0.1, 0.15) is 30.7 Å². The second-order valence-electron chi connectivity index (χ2n) is 7.95. The normalized spacial score (nSPS) is 17.5. The highest BCUT2D eigenvalue weighted by Gasteiger charge is 2.26. The Bertz CT molecular complexity index is 986. The fourth-order valence-electron chi connectivity index (χ4n) is 3.65. The van der Waals surface area contributed by atoms with Crippen molar-refractivity contribution in [1.29, 1.82) is 0 Å². The van der Waals surface area contributed by atoms with Gasteiger partial charge in [-0.25, -0.2) is 9.97 Å². The number of benzene rings is 1. The zero-order valence-electron chi connectivity index (χ0n) is 19.2. The van der Waals surface area contributed by atoms with Crippen molar-refractivity contribution < 1.29 is 14.6 Å². The Labute approximate surface area is 189 Å². The molecule has 8 nitrogen and oxygen atoms in total. The number of aliphatic hydroxyl groups excluding tert-OH is 1. The van der Waals surface area contributed by atoms with Crippen molar-refractivity contribution in [3.63, 3.8) is 0 Å². The van der Waals surface area contributed by atoms with E-state index in [1.165, 1.54) is 6.33 Å². The molecule has 32 heavy (non-hydrogen) atoms. The average Bonchev–Trinajstić information content (AvgIpc) is 2.78. The number of β-amino-alcohol motifs (C(OH)–C–C–N with tert-alkyl or cyclic N) is 1. The number of methoxy groups -OCH3 is 1. The highest BCUT2D eigenvalue weighted by Crippen LogP contribution is 2.23. The molecule has 1 N–H and O–H groups in total. The van der Waals surface area contributed by atoms with E-state index >= 15 is 0 Å². The molecule has 8 heteroatoms. The Morgan fingerprint density at radius 2 is 2.12 bits per heavy atom. The second kappa shape index (κ2) is 11.0. The van der Waals surface area contributed by atoms with Crippen molar-refractivity contribution in [3.8, 4) is 18.2 Å². The minimum atomic E-state index is -0.594. The SMILES string of the molecule is C#C/N=C(/c1cc(N2CCN(CCOC)[C@H](O)C2)ncn1)c1cc(OC(C)C)ccc1C. The molecule has 0 unspecified atom stereocenters. The van der Waals surface area contributed by atoms with Crippen LogP contribution in [-0.4, -0.2) is 77.9 Å². The molecule has 1 aliphatic rings. The maximum atomic E-state index is 10.5. The number of aromatic nitrogens is 2. The van der Waals surface area contributed by atoms with Gasteiger partial charge in [-0.2, -0.15) is 4.99 Å². The van der Waals surface area contributed by atoms with Crippen molar-refractivity contribution in [1.82, 2.24) is 14.9 Å². The van der Waals surface area contributed by atoms with E-state index in [9.17, 15) is 5.11 Å². The van der Waals surface area contributed by atoms with Crippen LogP contribution < -0.4 is 9.64 Å². The topological polar surface area (TPSA) is 83.3 Å². The van der Waals surface area contributed by atoms with E-state index in [-0.39, 0.29) is 6.10 Å². The quantitative estimate of drug-likeness (QED) is 0.500. The first kappa shape index (κ1) is 23.7. The summed E-state index contributed by atoms with van der Waals surface area (Å²) in [5.74, 6) is 1.47. The molecule has 0 aliphatic carbocycles. The lowest BCUT2D eigenvalue weighted by atomic mass is 10.0. The van der Waals surface area contributed by atoms with Gasteiger partial charge in [0.15, 0.2) is 0 Å². The first-order valence-electron chi connectivity index (χ1n) is 10.7. The van der Waals surface area contributed by atoms with Gasteiger partial charge in [0.05, 0.1) is 24.9 Å². The predicted molar refractivity (Wildman–Crippen MR) is 125 cm³/mol. The Hall–Kier alpha value is -2.99. The van der Waals surface area contributed by atoms with Gasteiger partial charge in [-0.15, -0.1) is 0 Å². The minimum absolute atomic E-state index is 0.0539. The zero-order valence-corrected chi connectivity index (χ0v) is 19.2. The van der Waals surface area contributed by atoms with E-state index in [1.807, 2.05) is 54.8 Å². The van der Waals surface area contributed by atoms with Crippen LogP contribution in [0.2, 0.25) is 0 Å². The van der Waals surface area contributed by atoms with Crippen molar-refractivity contribution in [2.45, 2.75) is 33.1 Å². The van der Waals surface area contributed by atoms with Gasteiger partial charge in [0.1, 0.15) is 29.8 Å². The number of hydrogen-bond acceptors (Lipinski definition) is 8. The van der Waals surface area contributed by atoms with Crippen LogP contribution in [0.15, 0.2) is 35.6 Å². The molecule has 0 spiro atoms. The van der Waals surface area contributed by atoms with Crippen LogP contribution in [0, 0.1) is 19.4 Å². The summed E-state index contributed by atoms with van der Waals surface area (Å²) in [4.78, 5) is 17.2. The number of ether oxygens (including phenoxy) is 2. The van der Waals surface area contributed by atoms with Crippen molar-refractivity contribution >= 4 is 11.5 Å². The number of aryl methyl sites for hydroxylation is 1. The molecule has 2 heterocycles. The summed E-state index contributed by atoms with van der Waals surface area (Å²) in [7, 11) is 1.66. The van der Waals surface area contributed by atoms with E-state index in [1.54, 1.807) is 7.11 Å². The molecule has 1 aromatic heterocycles. The molecule has 1 fully saturated rings. The molecule has 0 amide bonds. The van der Waals surface area contributed by atoms with Gasteiger partial charge in [0.2, 0.25) is 0 Å². The lowest BCUT2D eigenvalue weighted by Crippen LogP contribution is -2.54. The zero-order chi connectivity index (χ0) is 23.1. The molecule has 0 saturated carbocycles. The molecule has 1 saturated heterocycles. The van der Waals surface area contributed by atoms with Gasteiger partial charge in [-0.3, -0.25) is 4.90 Å². The number of rotatable bonds is 8. The third kappa shape index (κ3) is 5.82. The number of piperazine rings is 1. The van der Waals surface area contributed by atoms with Crippen LogP contribution in [0.5, 0.6) is 5.75 Å². The number of hydrogen-bond donors (Lipinski definition) is 1.